The van der Waals surface area contributed by atoms with E-state index in [2.05, 4.69) is 25.7 Å². The molecule has 3 rings (SSSR count). The number of hydrogen-bond donors (Lipinski definition) is 2. The summed E-state index contributed by atoms with van der Waals surface area (Å²) >= 11 is 6.20. The van der Waals surface area contributed by atoms with E-state index in [0.717, 1.165) is 60.5 Å². The number of halogens is 1. The number of aliphatic imine (C=N–C) groups is 1. The molecule has 26 heavy (non-hydrogen) atoms. The molecule has 1 atom stereocenters. The van der Waals surface area contributed by atoms with E-state index in [0.29, 0.717) is 6.61 Å². The van der Waals surface area contributed by atoms with Crippen LogP contribution < -0.4 is 10.6 Å². The zero-order valence-electron chi connectivity index (χ0n) is 15.2. The monoisotopic (exact) mass is 376 g/mol. The quantitative estimate of drug-likeness (QED) is 0.594. The van der Waals surface area contributed by atoms with Crippen molar-refractivity contribution in [1.29, 1.82) is 0 Å². The molecule has 0 saturated heterocycles. The topological polar surface area (TPSA) is 76.4 Å². The zero-order chi connectivity index (χ0) is 18.4. The number of guanidine groups is 1. The highest BCUT2D eigenvalue weighted by Gasteiger charge is 2.22. The van der Waals surface area contributed by atoms with Gasteiger partial charge in [0.05, 0.1) is 6.54 Å². The van der Waals surface area contributed by atoms with Gasteiger partial charge in [0.2, 0.25) is 0 Å². The molecule has 0 spiro atoms. The fraction of sp³-hybridized carbons (Fsp3) is 0.500. The van der Waals surface area contributed by atoms with Gasteiger partial charge in [0.1, 0.15) is 12.4 Å². The van der Waals surface area contributed by atoms with E-state index in [4.69, 9.17) is 16.3 Å². The number of nitrogens with zero attached hydrogens (tertiary/aromatic N) is 4. The van der Waals surface area contributed by atoms with Crippen LogP contribution in [0.4, 0.5) is 0 Å². The number of ether oxygens (including phenoxy) is 1. The molecule has 1 aromatic heterocycles. The Balaban J connectivity index is 1.50. The number of aromatic nitrogens is 3. The molecule has 0 fully saturated rings. The van der Waals surface area contributed by atoms with Crippen molar-refractivity contribution in [2.75, 3.05) is 20.7 Å². The summed E-state index contributed by atoms with van der Waals surface area (Å²) in [6, 6.07) is 8.18. The van der Waals surface area contributed by atoms with Gasteiger partial charge in [-0.15, -0.1) is 0 Å². The van der Waals surface area contributed by atoms with Crippen LogP contribution in [0.2, 0.25) is 5.02 Å². The van der Waals surface area contributed by atoms with Crippen molar-refractivity contribution in [1.82, 2.24) is 25.4 Å². The zero-order valence-corrected chi connectivity index (χ0v) is 16.0. The van der Waals surface area contributed by atoms with Crippen LogP contribution in [0.15, 0.2) is 29.3 Å². The smallest absolute Gasteiger partial charge is 0.191 e. The van der Waals surface area contributed by atoms with E-state index < -0.39 is 0 Å². The molecule has 1 aromatic carbocycles. The third-order valence-electron chi connectivity index (χ3n) is 4.38. The van der Waals surface area contributed by atoms with Gasteiger partial charge in [0.15, 0.2) is 11.8 Å². The summed E-state index contributed by atoms with van der Waals surface area (Å²) in [5.41, 5.74) is 1.13. The van der Waals surface area contributed by atoms with Gasteiger partial charge in [-0.05, 0) is 24.5 Å². The van der Waals surface area contributed by atoms with Gasteiger partial charge >= 0.3 is 0 Å². The van der Waals surface area contributed by atoms with Crippen LogP contribution in [0.5, 0.6) is 0 Å². The third kappa shape index (κ3) is 4.74. The molecule has 0 radical (unpaired) electrons. The highest BCUT2D eigenvalue weighted by molar-refractivity contribution is 6.31. The number of benzene rings is 1. The molecule has 2 N–H and O–H groups in total. The lowest BCUT2D eigenvalue weighted by Gasteiger charge is -2.25. The second-order valence-corrected chi connectivity index (χ2v) is 6.69. The Morgan fingerprint density at radius 2 is 2.27 bits per heavy atom. The Morgan fingerprint density at radius 1 is 1.42 bits per heavy atom. The SMILES string of the molecule is CN=C(NCCc1ccccc1Cl)NC1CCc2nc(COC)nn2C1. The number of fused-ring (bicyclic) bond motifs is 1. The largest absolute Gasteiger partial charge is 0.377 e. The maximum absolute atomic E-state index is 6.20. The first kappa shape index (κ1) is 18.7. The third-order valence-corrected chi connectivity index (χ3v) is 4.75. The summed E-state index contributed by atoms with van der Waals surface area (Å²) in [5.74, 6) is 2.56. The Morgan fingerprint density at radius 3 is 3.04 bits per heavy atom. The summed E-state index contributed by atoms with van der Waals surface area (Å²) in [7, 11) is 3.44. The Kier molecular flexibility index (Phi) is 6.46. The highest BCUT2D eigenvalue weighted by Crippen LogP contribution is 2.15. The number of nitrogens with one attached hydrogen (secondary N) is 2. The fourth-order valence-electron chi connectivity index (χ4n) is 3.07. The molecule has 1 aliphatic rings. The van der Waals surface area contributed by atoms with Crippen LogP contribution >= 0.6 is 11.6 Å². The summed E-state index contributed by atoms with van der Waals surface area (Å²) in [5, 5.41) is 12.1. The lowest BCUT2D eigenvalue weighted by molar-refractivity contribution is 0.177. The standard InChI is InChI=1S/C18H25ClN6O/c1-20-18(21-10-9-13-5-3-4-6-15(13)19)22-14-7-8-17-23-16(12-26-2)24-25(17)11-14/h3-6,14H,7-12H2,1-2H3,(H2,20,21,22). The normalized spacial score (nSPS) is 17.0. The number of methoxy groups -OCH3 is 1. The number of aryl methyl sites for hydroxylation is 1. The van der Waals surface area contributed by atoms with Gasteiger partial charge in [0, 0.05) is 38.2 Å². The van der Waals surface area contributed by atoms with Crippen molar-refractivity contribution in [2.24, 2.45) is 4.99 Å². The lowest BCUT2D eigenvalue weighted by Crippen LogP contribution is -2.47. The molecular weight excluding hydrogens is 352 g/mol. The first-order valence-electron chi connectivity index (χ1n) is 8.81. The van der Waals surface area contributed by atoms with E-state index in [9.17, 15) is 0 Å². The van der Waals surface area contributed by atoms with E-state index >= 15 is 0 Å². The van der Waals surface area contributed by atoms with Gasteiger partial charge < -0.3 is 15.4 Å². The molecule has 2 aromatic rings. The van der Waals surface area contributed by atoms with Gasteiger partial charge in [0.25, 0.3) is 0 Å². The number of hydrogen-bond acceptors (Lipinski definition) is 4. The first-order chi connectivity index (χ1) is 12.7. The van der Waals surface area contributed by atoms with Crippen LogP contribution in [0.25, 0.3) is 0 Å². The van der Waals surface area contributed by atoms with Gasteiger partial charge in [-0.25, -0.2) is 9.67 Å². The van der Waals surface area contributed by atoms with Crippen LogP contribution in [0, 0.1) is 0 Å². The minimum absolute atomic E-state index is 0.270. The fourth-order valence-corrected chi connectivity index (χ4v) is 3.30. The van der Waals surface area contributed by atoms with Crippen molar-refractivity contribution in [3.8, 4) is 0 Å². The lowest BCUT2D eigenvalue weighted by atomic mass is 10.1. The molecule has 1 unspecified atom stereocenters. The molecule has 0 saturated carbocycles. The Bertz CT molecular complexity index is 760. The van der Waals surface area contributed by atoms with Gasteiger partial charge in [-0.1, -0.05) is 29.8 Å². The average molecular weight is 377 g/mol. The van der Waals surface area contributed by atoms with E-state index in [1.54, 1.807) is 14.2 Å². The minimum atomic E-state index is 0.270. The van der Waals surface area contributed by atoms with E-state index in [1.165, 1.54) is 0 Å². The second kappa shape index (κ2) is 9.00. The molecule has 0 bridgehead atoms. The average Bonchev–Trinajstić information content (AvgIpc) is 3.04. The van der Waals surface area contributed by atoms with Gasteiger partial charge in [-0.2, -0.15) is 5.10 Å². The first-order valence-corrected chi connectivity index (χ1v) is 9.19. The Hall–Kier alpha value is -2.12. The minimum Gasteiger partial charge on any atom is -0.377 e. The van der Waals surface area contributed by atoms with E-state index in [-0.39, 0.29) is 6.04 Å². The predicted octanol–water partition coefficient (Wildman–Crippen LogP) is 1.80. The Labute approximate surface area is 158 Å². The molecule has 0 amide bonds. The maximum Gasteiger partial charge on any atom is 0.191 e. The number of rotatable bonds is 6. The van der Waals surface area contributed by atoms with Crippen molar-refractivity contribution < 1.29 is 4.74 Å². The van der Waals surface area contributed by atoms with Crippen LogP contribution in [-0.2, 0) is 30.7 Å². The van der Waals surface area contributed by atoms with Crippen molar-refractivity contribution >= 4 is 17.6 Å². The predicted molar refractivity (Wildman–Crippen MR) is 102 cm³/mol. The molecule has 7 nitrogen and oxygen atoms in total. The van der Waals surface area contributed by atoms with Crippen LogP contribution in [0.3, 0.4) is 0 Å². The van der Waals surface area contributed by atoms with Crippen molar-refractivity contribution in [3.05, 3.63) is 46.5 Å². The molecule has 0 aliphatic carbocycles. The molecule has 140 valence electrons. The van der Waals surface area contributed by atoms with Crippen LogP contribution in [-0.4, -0.2) is 47.5 Å². The summed E-state index contributed by atoms with van der Waals surface area (Å²) in [4.78, 5) is 8.83. The second-order valence-electron chi connectivity index (χ2n) is 6.28. The van der Waals surface area contributed by atoms with Crippen LogP contribution in [0.1, 0.15) is 23.6 Å². The van der Waals surface area contributed by atoms with Crippen molar-refractivity contribution in [2.45, 2.75) is 38.5 Å². The molecule has 1 aliphatic heterocycles. The highest BCUT2D eigenvalue weighted by atomic mass is 35.5. The molecule has 2 heterocycles. The molecular formula is C18H25ClN6O. The van der Waals surface area contributed by atoms with E-state index in [1.807, 2.05) is 28.9 Å². The van der Waals surface area contributed by atoms with Crippen molar-refractivity contribution in [3.63, 3.8) is 0 Å². The summed E-state index contributed by atoms with van der Waals surface area (Å²) in [6.07, 6.45) is 2.74. The summed E-state index contributed by atoms with van der Waals surface area (Å²) in [6.45, 7) is 1.99. The summed E-state index contributed by atoms with van der Waals surface area (Å²) < 4.78 is 7.08. The maximum atomic E-state index is 6.20. The van der Waals surface area contributed by atoms with Gasteiger partial charge in [-0.3, -0.25) is 4.99 Å². The molecule has 8 heteroatoms.